The fourth-order valence-electron chi connectivity index (χ4n) is 1.27. The number of aldehydes is 1. The predicted molar refractivity (Wildman–Crippen MR) is 55.4 cm³/mol. The molecule has 0 saturated carbocycles. The zero-order valence-electron chi connectivity index (χ0n) is 8.53. The third-order valence-electron chi connectivity index (χ3n) is 2.06. The van der Waals surface area contributed by atoms with Crippen molar-refractivity contribution in [3.8, 4) is 0 Å². The molecule has 15 heavy (non-hydrogen) atoms. The lowest BCUT2D eigenvalue weighted by molar-refractivity contribution is -0.102. The van der Waals surface area contributed by atoms with Gasteiger partial charge >= 0.3 is 5.97 Å². The second-order valence-corrected chi connectivity index (χ2v) is 3.05. The Hall–Kier alpha value is -1.97. The molecule has 0 spiro atoms. The van der Waals surface area contributed by atoms with E-state index in [1.165, 1.54) is 13.2 Å². The number of nitrogens with one attached hydrogen (secondary N) is 1. The van der Waals surface area contributed by atoms with Gasteiger partial charge in [0.2, 0.25) is 0 Å². The number of rotatable bonds is 3. The summed E-state index contributed by atoms with van der Waals surface area (Å²) in [6.45, 7) is 1.74. The molecule has 0 heterocycles. The van der Waals surface area contributed by atoms with Gasteiger partial charge in [-0.15, -0.1) is 0 Å². The SMILES string of the molecule is COC(=O)c1ccc(C(=N)C=O)c(C)c1. The van der Waals surface area contributed by atoms with Crippen LogP contribution in [0.5, 0.6) is 0 Å². The summed E-state index contributed by atoms with van der Waals surface area (Å²) in [7, 11) is 1.30. The van der Waals surface area contributed by atoms with E-state index in [1.807, 2.05) is 0 Å². The van der Waals surface area contributed by atoms with E-state index < -0.39 is 5.97 Å². The average molecular weight is 205 g/mol. The summed E-state index contributed by atoms with van der Waals surface area (Å²) < 4.78 is 4.56. The van der Waals surface area contributed by atoms with Crippen LogP contribution in [-0.4, -0.2) is 25.1 Å². The van der Waals surface area contributed by atoms with Gasteiger partial charge in [0, 0.05) is 5.56 Å². The quantitative estimate of drug-likeness (QED) is 0.460. The van der Waals surface area contributed by atoms with Crippen molar-refractivity contribution >= 4 is 18.0 Å². The Morgan fingerprint density at radius 3 is 2.60 bits per heavy atom. The number of esters is 1. The van der Waals surface area contributed by atoms with Crippen LogP contribution in [0.25, 0.3) is 0 Å². The molecule has 0 unspecified atom stereocenters. The average Bonchev–Trinajstić information content (AvgIpc) is 2.26. The van der Waals surface area contributed by atoms with Gasteiger partial charge in [-0.05, 0) is 24.6 Å². The lowest BCUT2D eigenvalue weighted by Crippen LogP contribution is -2.06. The first-order chi connectivity index (χ1) is 7.10. The molecule has 0 atom stereocenters. The van der Waals surface area contributed by atoms with Gasteiger partial charge in [-0.25, -0.2) is 4.79 Å². The van der Waals surface area contributed by atoms with Gasteiger partial charge in [-0.3, -0.25) is 10.2 Å². The third kappa shape index (κ3) is 2.28. The lowest BCUT2D eigenvalue weighted by atomic mass is 10.0. The van der Waals surface area contributed by atoms with Crippen LogP contribution >= 0.6 is 0 Å². The fourth-order valence-corrected chi connectivity index (χ4v) is 1.27. The first-order valence-electron chi connectivity index (χ1n) is 4.33. The Labute approximate surface area is 87.4 Å². The Morgan fingerprint density at radius 2 is 2.13 bits per heavy atom. The van der Waals surface area contributed by atoms with Crippen LogP contribution in [0.15, 0.2) is 18.2 Å². The molecule has 4 heteroatoms. The largest absolute Gasteiger partial charge is 0.465 e. The van der Waals surface area contributed by atoms with Crippen molar-refractivity contribution in [2.75, 3.05) is 7.11 Å². The molecule has 0 aliphatic rings. The highest BCUT2D eigenvalue weighted by molar-refractivity contribution is 6.35. The van der Waals surface area contributed by atoms with Crippen LogP contribution in [0.4, 0.5) is 0 Å². The van der Waals surface area contributed by atoms with E-state index in [4.69, 9.17) is 5.41 Å². The highest BCUT2D eigenvalue weighted by Gasteiger charge is 2.09. The van der Waals surface area contributed by atoms with Crippen molar-refractivity contribution < 1.29 is 14.3 Å². The molecule has 0 aromatic heterocycles. The van der Waals surface area contributed by atoms with Crippen molar-refractivity contribution in [1.82, 2.24) is 0 Å². The lowest BCUT2D eigenvalue weighted by Gasteiger charge is -2.05. The van der Waals surface area contributed by atoms with Gasteiger partial charge in [0.1, 0.15) is 5.71 Å². The molecule has 0 saturated heterocycles. The first-order valence-corrected chi connectivity index (χ1v) is 4.33. The van der Waals surface area contributed by atoms with Gasteiger partial charge in [0.25, 0.3) is 0 Å². The molecule has 1 aromatic rings. The Kier molecular flexibility index (Phi) is 3.33. The fraction of sp³-hybridized carbons (Fsp3) is 0.182. The van der Waals surface area contributed by atoms with E-state index >= 15 is 0 Å². The molecular weight excluding hydrogens is 194 g/mol. The minimum Gasteiger partial charge on any atom is -0.465 e. The van der Waals surface area contributed by atoms with Gasteiger partial charge in [0.15, 0.2) is 6.29 Å². The van der Waals surface area contributed by atoms with Crippen molar-refractivity contribution in [2.24, 2.45) is 0 Å². The highest BCUT2D eigenvalue weighted by Crippen LogP contribution is 2.12. The van der Waals surface area contributed by atoms with Crippen molar-refractivity contribution in [1.29, 1.82) is 5.41 Å². The van der Waals surface area contributed by atoms with Crippen LogP contribution in [0.1, 0.15) is 21.5 Å². The Balaban J connectivity index is 3.14. The van der Waals surface area contributed by atoms with Gasteiger partial charge in [-0.1, -0.05) is 6.07 Å². The molecule has 0 radical (unpaired) electrons. The van der Waals surface area contributed by atoms with E-state index in [-0.39, 0.29) is 5.71 Å². The molecule has 78 valence electrons. The van der Waals surface area contributed by atoms with Crippen LogP contribution < -0.4 is 0 Å². The smallest absolute Gasteiger partial charge is 0.337 e. The van der Waals surface area contributed by atoms with Gasteiger partial charge < -0.3 is 4.74 Å². The number of ether oxygens (including phenoxy) is 1. The molecule has 1 N–H and O–H groups in total. The van der Waals surface area contributed by atoms with Crippen molar-refractivity contribution in [3.05, 3.63) is 34.9 Å². The predicted octanol–water partition coefficient (Wildman–Crippen LogP) is 1.35. The number of hydrogen-bond donors (Lipinski definition) is 1. The van der Waals surface area contributed by atoms with Gasteiger partial charge in [0.05, 0.1) is 12.7 Å². The maximum Gasteiger partial charge on any atom is 0.337 e. The summed E-state index contributed by atoms with van der Waals surface area (Å²) in [5.74, 6) is -0.428. The molecule has 0 bridgehead atoms. The number of carbonyl (C=O) groups is 2. The zero-order valence-corrected chi connectivity index (χ0v) is 8.53. The normalized spacial score (nSPS) is 9.47. The number of aryl methyl sites for hydroxylation is 1. The molecule has 0 aliphatic heterocycles. The summed E-state index contributed by atoms with van der Waals surface area (Å²) in [6.07, 6.45) is 0.472. The van der Waals surface area contributed by atoms with E-state index in [0.29, 0.717) is 23.0 Å². The van der Waals surface area contributed by atoms with E-state index in [9.17, 15) is 9.59 Å². The van der Waals surface area contributed by atoms with Crippen LogP contribution in [0.2, 0.25) is 0 Å². The van der Waals surface area contributed by atoms with E-state index in [1.54, 1.807) is 19.1 Å². The van der Waals surface area contributed by atoms with Crippen molar-refractivity contribution in [2.45, 2.75) is 6.92 Å². The van der Waals surface area contributed by atoms with Crippen LogP contribution in [0.3, 0.4) is 0 Å². The maximum atomic E-state index is 11.2. The molecule has 4 nitrogen and oxygen atoms in total. The molecule has 0 amide bonds. The van der Waals surface area contributed by atoms with E-state index in [2.05, 4.69) is 4.74 Å². The summed E-state index contributed by atoms with van der Waals surface area (Å²) in [4.78, 5) is 21.6. The zero-order chi connectivity index (χ0) is 11.4. The molecular formula is C11H11NO3. The van der Waals surface area contributed by atoms with E-state index in [0.717, 1.165) is 0 Å². The molecule has 1 rings (SSSR count). The number of carbonyl (C=O) groups excluding carboxylic acids is 2. The minimum absolute atomic E-state index is 0.0936. The standard InChI is InChI=1S/C11H11NO3/c1-7-5-8(11(14)15-2)3-4-9(7)10(12)6-13/h3-6,12H,1-2H3. The van der Waals surface area contributed by atoms with Gasteiger partial charge in [-0.2, -0.15) is 0 Å². The number of hydrogen-bond acceptors (Lipinski definition) is 4. The summed E-state index contributed by atoms with van der Waals surface area (Å²) in [5, 5.41) is 7.36. The molecule has 0 fully saturated rings. The summed E-state index contributed by atoms with van der Waals surface area (Å²) in [6, 6.07) is 4.70. The number of methoxy groups -OCH3 is 1. The van der Waals surface area contributed by atoms with Crippen LogP contribution in [0, 0.1) is 12.3 Å². The highest BCUT2D eigenvalue weighted by atomic mass is 16.5. The third-order valence-corrected chi connectivity index (χ3v) is 2.06. The minimum atomic E-state index is -0.428. The molecule has 0 aliphatic carbocycles. The topological polar surface area (TPSA) is 67.2 Å². The first kappa shape index (κ1) is 11.1. The van der Waals surface area contributed by atoms with Crippen molar-refractivity contribution in [3.63, 3.8) is 0 Å². The maximum absolute atomic E-state index is 11.2. The number of benzene rings is 1. The molecule has 1 aromatic carbocycles. The summed E-state index contributed by atoms with van der Waals surface area (Å²) in [5.41, 5.74) is 1.55. The monoisotopic (exact) mass is 205 g/mol. The second-order valence-electron chi connectivity index (χ2n) is 3.05. The Morgan fingerprint density at radius 1 is 1.47 bits per heavy atom. The Bertz CT molecular complexity index is 424. The summed E-state index contributed by atoms with van der Waals surface area (Å²) >= 11 is 0. The van der Waals surface area contributed by atoms with Crippen LogP contribution in [-0.2, 0) is 9.53 Å². The second kappa shape index (κ2) is 4.50.